The molecule has 0 unspecified atom stereocenters. The molecule has 0 aromatic carbocycles. The second kappa shape index (κ2) is 4.27. The number of carbonyl (C=O) groups is 1. The largest absolute Gasteiger partial charge is 0.491 e. The predicted molar refractivity (Wildman–Crippen MR) is 58.0 cm³/mol. The summed E-state index contributed by atoms with van der Waals surface area (Å²) in [6, 6.07) is 1.79. The normalized spacial score (nSPS) is 10.2. The summed E-state index contributed by atoms with van der Waals surface area (Å²) < 4.78 is 6.98. The van der Waals surface area contributed by atoms with E-state index in [0.717, 1.165) is 17.7 Å². The molecule has 0 spiro atoms. The van der Waals surface area contributed by atoms with Gasteiger partial charge in [-0.05, 0) is 13.0 Å². The van der Waals surface area contributed by atoms with Gasteiger partial charge in [0.1, 0.15) is 0 Å². The molecule has 0 radical (unpaired) electrons. The Labute approximate surface area is 91.1 Å². The van der Waals surface area contributed by atoms with Crippen LogP contribution in [-0.2, 0) is 0 Å². The average molecular weight is 222 g/mol. The van der Waals surface area contributed by atoms with Gasteiger partial charge >= 0.3 is 0 Å². The van der Waals surface area contributed by atoms with Gasteiger partial charge in [0.05, 0.1) is 29.6 Å². The quantitative estimate of drug-likeness (QED) is 0.744. The molecular formula is C10H10N2O2S. The van der Waals surface area contributed by atoms with E-state index >= 15 is 0 Å². The highest BCUT2D eigenvalue weighted by molar-refractivity contribution is 7.12. The molecule has 0 amide bonds. The monoisotopic (exact) mass is 222 g/mol. The molecule has 0 aliphatic heterocycles. The van der Waals surface area contributed by atoms with Crippen molar-refractivity contribution < 1.29 is 9.53 Å². The first kappa shape index (κ1) is 9.92. The number of aldehydes is 1. The van der Waals surface area contributed by atoms with E-state index in [1.54, 1.807) is 23.1 Å². The van der Waals surface area contributed by atoms with Crippen molar-refractivity contribution in [1.29, 1.82) is 0 Å². The first-order valence-corrected chi connectivity index (χ1v) is 5.43. The van der Waals surface area contributed by atoms with Crippen LogP contribution in [0.25, 0.3) is 5.69 Å². The minimum atomic E-state index is 0.620. The zero-order valence-electron chi connectivity index (χ0n) is 8.21. The van der Waals surface area contributed by atoms with E-state index in [1.165, 1.54) is 11.3 Å². The van der Waals surface area contributed by atoms with Crippen LogP contribution in [0.3, 0.4) is 0 Å². The second-order valence-corrected chi connectivity index (χ2v) is 3.82. The number of carbonyl (C=O) groups excluding carboxylic acids is 1. The van der Waals surface area contributed by atoms with E-state index in [2.05, 4.69) is 5.10 Å². The molecule has 0 saturated heterocycles. The highest BCUT2D eigenvalue weighted by atomic mass is 32.1. The molecule has 0 bridgehead atoms. The maximum absolute atomic E-state index is 10.5. The summed E-state index contributed by atoms with van der Waals surface area (Å²) >= 11 is 1.40. The van der Waals surface area contributed by atoms with Gasteiger partial charge in [-0.15, -0.1) is 11.3 Å². The zero-order valence-corrected chi connectivity index (χ0v) is 9.03. The molecular weight excluding hydrogens is 212 g/mol. The van der Waals surface area contributed by atoms with E-state index in [0.29, 0.717) is 11.5 Å². The Kier molecular flexibility index (Phi) is 2.82. The predicted octanol–water partition coefficient (Wildman–Crippen LogP) is 2.15. The van der Waals surface area contributed by atoms with E-state index in [-0.39, 0.29) is 0 Å². The van der Waals surface area contributed by atoms with Crippen LogP contribution in [-0.4, -0.2) is 22.7 Å². The number of thiophene rings is 1. The Bertz CT molecular complexity index is 461. The smallest absolute Gasteiger partial charge is 0.160 e. The van der Waals surface area contributed by atoms with Crippen molar-refractivity contribution in [3.8, 4) is 11.4 Å². The molecule has 0 fully saturated rings. The van der Waals surface area contributed by atoms with Crippen LogP contribution in [0.5, 0.6) is 5.75 Å². The summed E-state index contributed by atoms with van der Waals surface area (Å²) in [6.07, 6.45) is 4.28. The van der Waals surface area contributed by atoms with Crippen molar-refractivity contribution >= 4 is 17.6 Å². The maximum atomic E-state index is 10.5. The summed E-state index contributed by atoms with van der Waals surface area (Å²) in [7, 11) is 0. The number of hydrogen-bond donors (Lipinski definition) is 0. The van der Waals surface area contributed by atoms with Crippen molar-refractivity contribution in [2.24, 2.45) is 0 Å². The lowest BCUT2D eigenvalue weighted by molar-refractivity contribution is 0.112. The van der Waals surface area contributed by atoms with Crippen molar-refractivity contribution in [3.05, 3.63) is 28.7 Å². The summed E-state index contributed by atoms with van der Waals surface area (Å²) in [5.74, 6) is 0.733. The number of rotatable bonds is 4. The molecule has 0 aliphatic rings. The van der Waals surface area contributed by atoms with Crippen molar-refractivity contribution in [2.45, 2.75) is 6.92 Å². The molecule has 78 valence electrons. The van der Waals surface area contributed by atoms with Crippen LogP contribution in [0.15, 0.2) is 23.8 Å². The molecule has 0 atom stereocenters. The third-order valence-electron chi connectivity index (χ3n) is 1.86. The van der Waals surface area contributed by atoms with E-state index in [4.69, 9.17) is 4.74 Å². The van der Waals surface area contributed by atoms with Crippen molar-refractivity contribution in [3.63, 3.8) is 0 Å². The highest BCUT2D eigenvalue weighted by Gasteiger charge is 2.03. The lowest BCUT2D eigenvalue weighted by Crippen LogP contribution is -1.91. The Hall–Kier alpha value is -1.62. The van der Waals surface area contributed by atoms with Gasteiger partial charge in [0.15, 0.2) is 12.0 Å². The fourth-order valence-electron chi connectivity index (χ4n) is 1.21. The molecule has 15 heavy (non-hydrogen) atoms. The lowest BCUT2D eigenvalue weighted by atomic mass is 10.4. The second-order valence-electron chi connectivity index (χ2n) is 2.88. The van der Waals surface area contributed by atoms with Gasteiger partial charge in [-0.3, -0.25) is 4.79 Å². The molecule has 2 rings (SSSR count). The average Bonchev–Trinajstić information content (AvgIpc) is 2.85. The molecule has 5 heteroatoms. The molecule has 0 N–H and O–H groups in total. The SMILES string of the molecule is CCOc1cnn(-c2csc(C=O)c2)c1. The van der Waals surface area contributed by atoms with Gasteiger partial charge in [0.25, 0.3) is 0 Å². The standard InChI is InChI=1S/C10H10N2O2S/c1-2-14-9-4-11-12(5-9)8-3-10(6-13)15-7-8/h3-7H,2H2,1H3. The Morgan fingerprint density at radius 1 is 1.67 bits per heavy atom. The Morgan fingerprint density at radius 3 is 3.20 bits per heavy atom. The molecule has 0 aliphatic carbocycles. The van der Waals surface area contributed by atoms with Gasteiger partial charge in [0.2, 0.25) is 0 Å². The van der Waals surface area contributed by atoms with Gasteiger partial charge in [0, 0.05) is 5.38 Å². The first-order valence-electron chi connectivity index (χ1n) is 4.55. The summed E-state index contributed by atoms with van der Waals surface area (Å²) in [5.41, 5.74) is 0.882. The summed E-state index contributed by atoms with van der Waals surface area (Å²) in [6.45, 7) is 2.54. The number of hydrogen-bond acceptors (Lipinski definition) is 4. The van der Waals surface area contributed by atoms with Gasteiger partial charge < -0.3 is 4.74 Å². The summed E-state index contributed by atoms with van der Waals surface area (Å²) in [5, 5.41) is 6.02. The van der Waals surface area contributed by atoms with Crippen LogP contribution >= 0.6 is 11.3 Å². The highest BCUT2D eigenvalue weighted by Crippen LogP contribution is 2.18. The van der Waals surface area contributed by atoms with Crippen LogP contribution in [0.1, 0.15) is 16.6 Å². The molecule has 0 saturated carbocycles. The molecule has 2 heterocycles. The molecule has 2 aromatic rings. The van der Waals surface area contributed by atoms with Crippen LogP contribution < -0.4 is 4.74 Å². The Balaban J connectivity index is 2.24. The van der Waals surface area contributed by atoms with E-state index in [9.17, 15) is 4.79 Å². The van der Waals surface area contributed by atoms with Crippen LogP contribution in [0, 0.1) is 0 Å². The third kappa shape index (κ3) is 2.07. The maximum Gasteiger partial charge on any atom is 0.160 e. The van der Waals surface area contributed by atoms with Gasteiger partial charge in [-0.25, -0.2) is 4.68 Å². The van der Waals surface area contributed by atoms with Crippen molar-refractivity contribution in [1.82, 2.24) is 9.78 Å². The fourth-order valence-corrected chi connectivity index (χ4v) is 1.89. The van der Waals surface area contributed by atoms with Gasteiger partial charge in [-0.2, -0.15) is 5.10 Å². The minimum absolute atomic E-state index is 0.620. The number of nitrogens with zero attached hydrogens (tertiary/aromatic N) is 2. The Morgan fingerprint density at radius 2 is 2.53 bits per heavy atom. The number of ether oxygens (including phenoxy) is 1. The topological polar surface area (TPSA) is 44.1 Å². The van der Waals surface area contributed by atoms with Crippen molar-refractivity contribution in [2.75, 3.05) is 6.61 Å². The number of aromatic nitrogens is 2. The van der Waals surface area contributed by atoms with E-state index < -0.39 is 0 Å². The molecule has 4 nitrogen and oxygen atoms in total. The van der Waals surface area contributed by atoms with E-state index in [1.807, 2.05) is 12.3 Å². The van der Waals surface area contributed by atoms with Gasteiger partial charge in [-0.1, -0.05) is 0 Å². The first-order chi connectivity index (χ1) is 7.33. The van der Waals surface area contributed by atoms with Crippen LogP contribution in [0.4, 0.5) is 0 Å². The van der Waals surface area contributed by atoms with Crippen LogP contribution in [0.2, 0.25) is 0 Å². The molecule has 2 aromatic heterocycles. The lowest BCUT2D eigenvalue weighted by Gasteiger charge is -1.96. The summed E-state index contributed by atoms with van der Waals surface area (Å²) in [4.78, 5) is 11.2. The minimum Gasteiger partial charge on any atom is -0.491 e. The fraction of sp³-hybridized carbons (Fsp3) is 0.200. The zero-order chi connectivity index (χ0) is 10.7. The third-order valence-corrected chi connectivity index (χ3v) is 2.70.